The zero-order valence-electron chi connectivity index (χ0n) is 12.2. The van der Waals surface area contributed by atoms with E-state index in [2.05, 4.69) is 16.7 Å². The molecule has 0 amide bonds. The monoisotopic (exact) mass is 287 g/mol. The van der Waals surface area contributed by atoms with Crippen LogP contribution in [0.15, 0.2) is 58.4 Å². The summed E-state index contributed by atoms with van der Waals surface area (Å²) in [6.45, 7) is 7.04. The average molecular weight is 287 g/mol. The molecular formula is C16H18FN3O. The number of methoxy groups -OCH3 is 1. The topological polar surface area (TPSA) is 37.2 Å². The summed E-state index contributed by atoms with van der Waals surface area (Å²) in [6.07, 6.45) is 3.50. The Kier molecular flexibility index (Phi) is 5.00. The summed E-state index contributed by atoms with van der Waals surface area (Å²) < 4.78 is 18.0. The van der Waals surface area contributed by atoms with Gasteiger partial charge in [-0.3, -0.25) is 10.0 Å². The van der Waals surface area contributed by atoms with Crippen molar-refractivity contribution in [3.05, 3.63) is 59.7 Å². The van der Waals surface area contributed by atoms with Gasteiger partial charge in [0.05, 0.1) is 25.1 Å². The highest BCUT2D eigenvalue weighted by atomic mass is 19.1. The number of nitrogens with zero attached hydrogens (tertiary/aromatic N) is 3. The van der Waals surface area contributed by atoms with Crippen molar-refractivity contribution in [2.24, 2.45) is 10.1 Å². The van der Waals surface area contributed by atoms with Crippen molar-refractivity contribution in [1.82, 2.24) is 5.01 Å². The second kappa shape index (κ2) is 6.95. The van der Waals surface area contributed by atoms with E-state index in [1.165, 1.54) is 12.1 Å². The summed E-state index contributed by atoms with van der Waals surface area (Å²) in [5, 5.41) is 5.98. The zero-order valence-corrected chi connectivity index (χ0v) is 12.2. The molecule has 4 nitrogen and oxygen atoms in total. The lowest BCUT2D eigenvalue weighted by molar-refractivity contribution is 0.170. The number of hydrogen-bond acceptors (Lipinski definition) is 4. The number of allylic oxidation sites excluding steroid dienone is 1. The van der Waals surface area contributed by atoms with Gasteiger partial charge in [0.15, 0.2) is 0 Å². The van der Waals surface area contributed by atoms with Crippen molar-refractivity contribution in [1.29, 1.82) is 0 Å². The number of aliphatic imine (C=N–C) groups is 1. The first-order valence-electron chi connectivity index (χ1n) is 6.62. The van der Waals surface area contributed by atoms with Gasteiger partial charge in [-0.25, -0.2) is 4.39 Å². The molecule has 5 heteroatoms. The minimum Gasteiger partial charge on any atom is -0.383 e. The van der Waals surface area contributed by atoms with Crippen LogP contribution in [0.1, 0.15) is 12.5 Å². The fraction of sp³-hybridized carbons (Fsp3) is 0.250. The molecular weight excluding hydrogens is 269 g/mol. The summed E-state index contributed by atoms with van der Waals surface area (Å²) in [6, 6.07) is 6.25. The number of benzene rings is 1. The lowest BCUT2D eigenvalue weighted by Crippen LogP contribution is -2.20. The molecule has 0 N–H and O–H groups in total. The molecule has 0 aromatic heterocycles. The molecule has 1 heterocycles. The van der Waals surface area contributed by atoms with Gasteiger partial charge in [-0.05, 0) is 24.6 Å². The standard InChI is InChI=1S/C16H18FN3O/c1-12-10-18-20(8-9-21-3)11-16(12)19-13(2)14-4-6-15(17)7-5-14/h4-7,10-11H,1,8-9H2,2-3H3. The highest BCUT2D eigenvalue weighted by molar-refractivity contribution is 6.00. The fourth-order valence-corrected chi connectivity index (χ4v) is 1.81. The molecule has 0 bridgehead atoms. The van der Waals surface area contributed by atoms with Crippen molar-refractivity contribution >= 4 is 11.9 Å². The van der Waals surface area contributed by atoms with Crippen molar-refractivity contribution in [3.8, 4) is 0 Å². The molecule has 0 atom stereocenters. The van der Waals surface area contributed by atoms with Gasteiger partial charge < -0.3 is 4.74 Å². The van der Waals surface area contributed by atoms with E-state index in [-0.39, 0.29) is 5.82 Å². The van der Waals surface area contributed by atoms with Crippen LogP contribution in [0.2, 0.25) is 0 Å². The van der Waals surface area contributed by atoms with Gasteiger partial charge in [0.25, 0.3) is 0 Å². The molecule has 0 radical (unpaired) electrons. The van der Waals surface area contributed by atoms with Gasteiger partial charge in [0.2, 0.25) is 0 Å². The van der Waals surface area contributed by atoms with E-state index in [4.69, 9.17) is 4.74 Å². The number of rotatable bonds is 5. The van der Waals surface area contributed by atoms with E-state index in [0.29, 0.717) is 13.2 Å². The fourth-order valence-electron chi connectivity index (χ4n) is 1.81. The number of halogens is 1. The van der Waals surface area contributed by atoms with Gasteiger partial charge in [0, 0.05) is 24.6 Å². The first-order valence-corrected chi connectivity index (χ1v) is 6.62. The lowest BCUT2D eigenvalue weighted by Gasteiger charge is -2.19. The molecule has 110 valence electrons. The van der Waals surface area contributed by atoms with E-state index in [0.717, 1.165) is 22.5 Å². The summed E-state index contributed by atoms with van der Waals surface area (Å²) in [5.74, 6) is -0.259. The van der Waals surface area contributed by atoms with E-state index in [1.54, 1.807) is 30.5 Å². The lowest BCUT2D eigenvalue weighted by atomic mass is 10.1. The maximum atomic E-state index is 12.9. The Morgan fingerprint density at radius 3 is 2.76 bits per heavy atom. The predicted molar refractivity (Wildman–Crippen MR) is 82.9 cm³/mol. The second-order valence-corrected chi connectivity index (χ2v) is 4.64. The van der Waals surface area contributed by atoms with Crippen LogP contribution in [0.3, 0.4) is 0 Å². The van der Waals surface area contributed by atoms with Crippen LogP contribution in [0.4, 0.5) is 4.39 Å². The number of ether oxygens (including phenoxy) is 1. The summed E-state index contributed by atoms with van der Waals surface area (Å²) in [4.78, 5) is 4.56. The van der Waals surface area contributed by atoms with Crippen LogP contribution < -0.4 is 0 Å². The molecule has 1 aromatic rings. The Morgan fingerprint density at radius 1 is 1.38 bits per heavy atom. The second-order valence-electron chi connectivity index (χ2n) is 4.64. The third-order valence-electron chi connectivity index (χ3n) is 3.04. The highest BCUT2D eigenvalue weighted by Crippen LogP contribution is 2.16. The maximum Gasteiger partial charge on any atom is 0.123 e. The molecule has 2 rings (SSSR count). The summed E-state index contributed by atoms with van der Waals surface area (Å²) >= 11 is 0. The molecule has 0 spiro atoms. The van der Waals surface area contributed by atoms with Gasteiger partial charge in [-0.2, -0.15) is 5.10 Å². The first-order chi connectivity index (χ1) is 10.1. The van der Waals surface area contributed by atoms with Gasteiger partial charge in [-0.1, -0.05) is 18.7 Å². The third-order valence-corrected chi connectivity index (χ3v) is 3.04. The minimum atomic E-state index is -0.259. The molecule has 1 aliphatic rings. The Morgan fingerprint density at radius 2 is 2.10 bits per heavy atom. The predicted octanol–water partition coefficient (Wildman–Crippen LogP) is 2.98. The Balaban J connectivity index is 2.18. The van der Waals surface area contributed by atoms with Gasteiger partial charge in [-0.15, -0.1) is 0 Å². The SMILES string of the molecule is C=C1C=NN(CCOC)C=C1N=C(C)c1ccc(F)cc1. The maximum absolute atomic E-state index is 12.9. The minimum absolute atomic E-state index is 0.259. The van der Waals surface area contributed by atoms with Crippen LogP contribution in [0, 0.1) is 5.82 Å². The van der Waals surface area contributed by atoms with Crippen LogP contribution in [0.5, 0.6) is 0 Å². The largest absolute Gasteiger partial charge is 0.383 e. The van der Waals surface area contributed by atoms with E-state index in [1.807, 2.05) is 13.1 Å². The first kappa shape index (κ1) is 15.1. The summed E-state index contributed by atoms with van der Waals surface area (Å²) in [7, 11) is 1.65. The highest BCUT2D eigenvalue weighted by Gasteiger charge is 2.10. The molecule has 0 fully saturated rings. The third kappa shape index (κ3) is 4.10. The smallest absolute Gasteiger partial charge is 0.123 e. The molecule has 1 aromatic carbocycles. The summed E-state index contributed by atoms with van der Waals surface area (Å²) in [5.41, 5.74) is 3.15. The molecule has 1 aliphatic heterocycles. The quantitative estimate of drug-likeness (QED) is 0.781. The molecule has 0 saturated carbocycles. The van der Waals surface area contributed by atoms with Crippen molar-refractivity contribution in [3.63, 3.8) is 0 Å². The number of hydrazone groups is 1. The Labute approximate surface area is 123 Å². The van der Waals surface area contributed by atoms with Crippen LogP contribution in [0.25, 0.3) is 0 Å². The van der Waals surface area contributed by atoms with E-state index in [9.17, 15) is 4.39 Å². The molecule has 21 heavy (non-hydrogen) atoms. The van der Waals surface area contributed by atoms with Crippen LogP contribution >= 0.6 is 0 Å². The number of hydrogen-bond donors (Lipinski definition) is 0. The van der Waals surface area contributed by atoms with Gasteiger partial charge >= 0.3 is 0 Å². The molecule has 0 unspecified atom stereocenters. The van der Waals surface area contributed by atoms with Gasteiger partial charge in [0.1, 0.15) is 5.82 Å². The Hall–Kier alpha value is -2.27. The Bertz CT molecular complexity index is 602. The van der Waals surface area contributed by atoms with E-state index < -0.39 is 0 Å². The van der Waals surface area contributed by atoms with Crippen molar-refractivity contribution in [2.75, 3.05) is 20.3 Å². The molecule has 0 saturated heterocycles. The normalized spacial score (nSPS) is 15.4. The van der Waals surface area contributed by atoms with Crippen molar-refractivity contribution in [2.45, 2.75) is 6.92 Å². The molecule has 0 aliphatic carbocycles. The zero-order chi connectivity index (χ0) is 15.2. The van der Waals surface area contributed by atoms with Crippen molar-refractivity contribution < 1.29 is 9.13 Å². The van der Waals surface area contributed by atoms with Crippen LogP contribution in [-0.4, -0.2) is 37.2 Å². The van der Waals surface area contributed by atoms with E-state index >= 15 is 0 Å². The average Bonchev–Trinajstić information content (AvgIpc) is 2.48. The van der Waals surface area contributed by atoms with Crippen LogP contribution in [-0.2, 0) is 4.74 Å².